The van der Waals surface area contributed by atoms with Gasteiger partial charge in [0, 0.05) is 17.3 Å². The number of amides is 1. The van der Waals surface area contributed by atoms with Gasteiger partial charge < -0.3 is 14.8 Å². The van der Waals surface area contributed by atoms with Crippen LogP contribution in [0, 0.1) is 0 Å². The largest absolute Gasteiger partial charge is 0.459 e. The molecule has 3 N–H and O–H groups in total. The molecule has 1 amide bonds. The Hall–Kier alpha value is -3.22. The van der Waals surface area contributed by atoms with E-state index in [-0.39, 0.29) is 17.6 Å². The van der Waals surface area contributed by atoms with E-state index in [1.165, 1.54) is 6.08 Å². The number of anilines is 1. The summed E-state index contributed by atoms with van der Waals surface area (Å²) >= 11 is 5.19. The predicted molar refractivity (Wildman–Crippen MR) is 110 cm³/mol. The Labute approximate surface area is 162 Å². The van der Waals surface area contributed by atoms with E-state index in [0.29, 0.717) is 17.2 Å². The van der Waals surface area contributed by atoms with Crippen LogP contribution in [0.2, 0.25) is 0 Å². The van der Waals surface area contributed by atoms with Crippen molar-refractivity contribution >= 4 is 35.0 Å². The van der Waals surface area contributed by atoms with Gasteiger partial charge in [0.25, 0.3) is 0 Å². The quantitative estimate of drug-likeness (QED) is 0.463. The van der Waals surface area contributed by atoms with Crippen molar-refractivity contribution in [3.8, 4) is 11.3 Å². The van der Waals surface area contributed by atoms with Gasteiger partial charge in [-0.25, -0.2) is 0 Å². The molecule has 0 aliphatic rings. The van der Waals surface area contributed by atoms with Crippen molar-refractivity contribution in [3.05, 3.63) is 84.1 Å². The zero-order valence-electron chi connectivity index (χ0n) is 14.4. The summed E-state index contributed by atoms with van der Waals surface area (Å²) in [7, 11) is 0. The zero-order valence-corrected chi connectivity index (χ0v) is 15.2. The van der Waals surface area contributed by atoms with Crippen LogP contribution in [-0.2, 0) is 11.4 Å². The Morgan fingerprint density at radius 3 is 2.63 bits per heavy atom. The second-order valence-corrected chi connectivity index (χ2v) is 6.10. The molecular weight excluding hydrogens is 360 g/mol. The zero-order chi connectivity index (χ0) is 19.1. The summed E-state index contributed by atoms with van der Waals surface area (Å²) in [6.07, 6.45) is 3.15. The van der Waals surface area contributed by atoms with Gasteiger partial charge in [0.05, 0.1) is 0 Å². The molecule has 0 aliphatic carbocycles. The van der Waals surface area contributed by atoms with Crippen molar-refractivity contribution in [2.24, 2.45) is 0 Å². The molecule has 0 saturated heterocycles. The van der Waals surface area contributed by atoms with Crippen LogP contribution in [0.25, 0.3) is 17.4 Å². The number of nitrogens with one attached hydrogen (secondary N) is 2. The Balaban J connectivity index is 1.60. The van der Waals surface area contributed by atoms with Crippen LogP contribution in [0.5, 0.6) is 0 Å². The fraction of sp³-hybridized carbons (Fsp3) is 0.0476. The fourth-order valence-electron chi connectivity index (χ4n) is 2.42. The van der Waals surface area contributed by atoms with Crippen molar-refractivity contribution in [1.29, 1.82) is 0 Å². The lowest BCUT2D eigenvalue weighted by atomic mass is 10.1. The second kappa shape index (κ2) is 8.93. The van der Waals surface area contributed by atoms with Gasteiger partial charge in [0.2, 0.25) is 5.91 Å². The van der Waals surface area contributed by atoms with Crippen LogP contribution in [-0.4, -0.2) is 16.1 Å². The monoisotopic (exact) mass is 378 g/mol. The molecule has 0 saturated carbocycles. The van der Waals surface area contributed by atoms with Gasteiger partial charge in [-0.15, -0.1) is 0 Å². The summed E-state index contributed by atoms with van der Waals surface area (Å²) in [5.74, 6) is 0.825. The second-order valence-electron chi connectivity index (χ2n) is 5.69. The lowest BCUT2D eigenvalue weighted by Gasteiger charge is -2.09. The number of aliphatic hydroxyl groups is 1. The van der Waals surface area contributed by atoms with E-state index < -0.39 is 0 Å². The van der Waals surface area contributed by atoms with Crippen LogP contribution in [0.15, 0.2) is 77.2 Å². The fourth-order valence-corrected chi connectivity index (χ4v) is 2.64. The van der Waals surface area contributed by atoms with Gasteiger partial charge >= 0.3 is 0 Å². The highest BCUT2D eigenvalue weighted by atomic mass is 32.1. The smallest absolute Gasteiger partial charge is 0.250 e. The number of thiocarbonyl (C=S) groups is 1. The first-order valence-corrected chi connectivity index (χ1v) is 8.70. The van der Waals surface area contributed by atoms with Crippen molar-refractivity contribution in [1.82, 2.24) is 5.32 Å². The molecule has 0 bridgehead atoms. The molecule has 3 aromatic rings. The Kier molecular flexibility index (Phi) is 6.14. The molecule has 0 radical (unpaired) electrons. The first-order valence-electron chi connectivity index (χ1n) is 8.29. The minimum atomic E-state index is -0.314. The summed E-state index contributed by atoms with van der Waals surface area (Å²) in [5.41, 5.74) is 2.48. The molecule has 3 rings (SSSR count). The van der Waals surface area contributed by atoms with E-state index in [0.717, 1.165) is 11.1 Å². The number of hydrogen-bond donors (Lipinski definition) is 3. The third kappa shape index (κ3) is 5.37. The van der Waals surface area contributed by atoms with Crippen molar-refractivity contribution in [2.75, 3.05) is 5.32 Å². The molecule has 136 valence electrons. The standard InChI is InChI=1S/C21H18N2O3S/c24-14-18-10-11-19(26-18)16-7-4-8-17(13-16)22-21(27)23-20(25)12-9-15-5-2-1-3-6-15/h1-13,24H,14H2,(H2,22,23,25,27)/b12-9+. The van der Waals surface area contributed by atoms with Gasteiger partial charge in [-0.1, -0.05) is 42.5 Å². The maximum Gasteiger partial charge on any atom is 0.250 e. The SMILES string of the molecule is O=C(/C=C/c1ccccc1)NC(=S)Nc1cccc(-c2ccc(CO)o2)c1. The summed E-state index contributed by atoms with van der Waals surface area (Å²) in [6, 6.07) is 20.4. The number of benzene rings is 2. The van der Waals surface area contributed by atoms with Crippen LogP contribution < -0.4 is 10.6 Å². The maximum atomic E-state index is 12.0. The van der Waals surface area contributed by atoms with E-state index in [9.17, 15) is 4.79 Å². The van der Waals surface area contributed by atoms with Crippen LogP contribution >= 0.6 is 12.2 Å². The molecular formula is C21H18N2O3S. The minimum Gasteiger partial charge on any atom is -0.459 e. The molecule has 5 nitrogen and oxygen atoms in total. The number of carbonyl (C=O) groups is 1. The normalized spacial score (nSPS) is 10.7. The molecule has 0 atom stereocenters. The molecule has 0 unspecified atom stereocenters. The van der Waals surface area contributed by atoms with E-state index in [4.69, 9.17) is 21.7 Å². The average molecular weight is 378 g/mol. The van der Waals surface area contributed by atoms with E-state index in [2.05, 4.69) is 10.6 Å². The minimum absolute atomic E-state index is 0.148. The molecule has 27 heavy (non-hydrogen) atoms. The Morgan fingerprint density at radius 1 is 1.07 bits per heavy atom. The van der Waals surface area contributed by atoms with Crippen molar-refractivity contribution in [2.45, 2.75) is 6.61 Å². The van der Waals surface area contributed by atoms with E-state index in [1.54, 1.807) is 18.2 Å². The van der Waals surface area contributed by atoms with Gasteiger partial charge in [-0.05, 0) is 48.1 Å². The predicted octanol–water partition coefficient (Wildman–Crippen LogP) is 3.97. The highest BCUT2D eigenvalue weighted by Crippen LogP contribution is 2.24. The summed E-state index contributed by atoms with van der Waals surface area (Å²) in [4.78, 5) is 12.0. The number of furan rings is 1. The lowest BCUT2D eigenvalue weighted by Crippen LogP contribution is -2.32. The number of hydrogen-bond acceptors (Lipinski definition) is 4. The van der Waals surface area contributed by atoms with Crippen LogP contribution in [0.4, 0.5) is 5.69 Å². The molecule has 6 heteroatoms. The highest BCUT2D eigenvalue weighted by Gasteiger charge is 2.06. The molecule has 1 aromatic heterocycles. The van der Waals surface area contributed by atoms with Crippen LogP contribution in [0.3, 0.4) is 0 Å². The average Bonchev–Trinajstić information content (AvgIpc) is 3.17. The van der Waals surface area contributed by atoms with Gasteiger partial charge in [0.1, 0.15) is 18.1 Å². The number of rotatable bonds is 5. The number of aliphatic hydroxyl groups excluding tert-OH is 1. The van der Waals surface area contributed by atoms with Gasteiger partial charge in [-0.3, -0.25) is 10.1 Å². The van der Waals surface area contributed by atoms with Gasteiger partial charge in [-0.2, -0.15) is 0 Å². The summed E-state index contributed by atoms with van der Waals surface area (Å²) < 4.78 is 5.53. The summed E-state index contributed by atoms with van der Waals surface area (Å²) in [5, 5.41) is 14.9. The van der Waals surface area contributed by atoms with E-state index >= 15 is 0 Å². The molecule has 0 fully saturated rings. The first-order chi connectivity index (χ1) is 13.1. The highest BCUT2D eigenvalue weighted by molar-refractivity contribution is 7.80. The molecule has 0 aliphatic heterocycles. The molecule has 2 aromatic carbocycles. The third-order valence-corrected chi connectivity index (χ3v) is 3.89. The molecule has 1 heterocycles. The third-order valence-electron chi connectivity index (χ3n) is 3.69. The topological polar surface area (TPSA) is 74.5 Å². The number of carbonyl (C=O) groups excluding carboxylic acids is 1. The van der Waals surface area contributed by atoms with Gasteiger partial charge in [0.15, 0.2) is 5.11 Å². The van der Waals surface area contributed by atoms with Crippen molar-refractivity contribution in [3.63, 3.8) is 0 Å². The Morgan fingerprint density at radius 2 is 1.89 bits per heavy atom. The van der Waals surface area contributed by atoms with E-state index in [1.807, 2.05) is 54.6 Å². The Bertz CT molecular complexity index is 964. The maximum absolute atomic E-state index is 12.0. The first kappa shape index (κ1) is 18.6. The van der Waals surface area contributed by atoms with Crippen LogP contribution in [0.1, 0.15) is 11.3 Å². The van der Waals surface area contributed by atoms with Crippen molar-refractivity contribution < 1.29 is 14.3 Å². The summed E-state index contributed by atoms with van der Waals surface area (Å²) in [6.45, 7) is -0.148. The molecule has 0 spiro atoms. The lowest BCUT2D eigenvalue weighted by molar-refractivity contribution is -0.115.